The maximum Gasteiger partial charge on any atom is 0.306 e. The molecule has 17 heavy (non-hydrogen) atoms. The van der Waals surface area contributed by atoms with Crippen LogP contribution in [0.2, 0.25) is 18.6 Å². The number of esters is 1. The fourth-order valence-corrected chi connectivity index (χ4v) is 3.90. The van der Waals surface area contributed by atoms with Gasteiger partial charge >= 0.3 is 5.97 Å². The first-order valence-electron chi connectivity index (χ1n) is 5.85. The monoisotopic (exact) mass is 252 g/mol. The highest BCUT2D eigenvalue weighted by atomic mass is 28.3. The Morgan fingerprint density at radius 2 is 1.88 bits per heavy atom. The molecule has 0 heterocycles. The van der Waals surface area contributed by atoms with Crippen LogP contribution in [0.4, 0.5) is 0 Å². The number of aromatic hydroxyl groups is 1. The molecule has 0 spiro atoms. The van der Waals surface area contributed by atoms with Crippen molar-refractivity contribution < 1.29 is 14.6 Å². The van der Waals surface area contributed by atoms with E-state index >= 15 is 0 Å². The van der Waals surface area contributed by atoms with Gasteiger partial charge in [0.25, 0.3) is 0 Å². The molecule has 1 aromatic rings. The fourth-order valence-electron chi connectivity index (χ4n) is 1.70. The summed E-state index contributed by atoms with van der Waals surface area (Å²) in [6, 6.07) is 7.14. The Kier molecular flexibility index (Phi) is 4.34. The van der Waals surface area contributed by atoms with E-state index in [9.17, 15) is 9.90 Å². The Labute approximate surface area is 103 Å². The molecule has 0 bridgehead atoms. The number of ether oxygens (including phenoxy) is 1. The Bertz CT molecular complexity index is 384. The van der Waals surface area contributed by atoms with Crippen molar-refractivity contribution in [3.05, 3.63) is 24.3 Å². The van der Waals surface area contributed by atoms with Gasteiger partial charge in [-0.1, -0.05) is 37.3 Å². The molecule has 1 unspecified atom stereocenters. The summed E-state index contributed by atoms with van der Waals surface area (Å²) in [6.45, 7) is 8.45. The van der Waals surface area contributed by atoms with E-state index in [2.05, 4.69) is 13.1 Å². The van der Waals surface area contributed by atoms with Crippen molar-refractivity contribution in [2.75, 3.05) is 6.61 Å². The zero-order valence-corrected chi connectivity index (χ0v) is 11.9. The molecule has 1 N–H and O–H groups in total. The van der Waals surface area contributed by atoms with Crippen LogP contribution in [-0.2, 0) is 9.53 Å². The van der Waals surface area contributed by atoms with Gasteiger partial charge in [0.2, 0.25) is 0 Å². The third-order valence-electron chi connectivity index (χ3n) is 3.33. The number of benzene rings is 1. The van der Waals surface area contributed by atoms with Gasteiger partial charge < -0.3 is 9.84 Å². The summed E-state index contributed by atoms with van der Waals surface area (Å²) in [5.74, 6) is 0.125. The quantitative estimate of drug-likeness (QED) is 0.660. The van der Waals surface area contributed by atoms with E-state index in [1.807, 2.05) is 26.0 Å². The van der Waals surface area contributed by atoms with Crippen LogP contribution in [0.1, 0.15) is 13.8 Å². The average molecular weight is 252 g/mol. The van der Waals surface area contributed by atoms with Crippen LogP contribution in [-0.4, -0.2) is 25.8 Å². The summed E-state index contributed by atoms with van der Waals surface area (Å²) in [5, 5.41) is 10.4. The minimum absolute atomic E-state index is 0.0907. The average Bonchev–Trinajstić information content (AvgIpc) is 2.29. The fraction of sp³-hybridized carbons (Fsp3) is 0.462. The summed E-state index contributed by atoms with van der Waals surface area (Å²) < 4.78 is 5.08. The third kappa shape index (κ3) is 3.09. The second kappa shape index (κ2) is 5.36. The zero-order valence-electron chi connectivity index (χ0n) is 10.9. The molecule has 0 amide bonds. The first-order chi connectivity index (χ1) is 7.89. The molecule has 1 atom stereocenters. The summed E-state index contributed by atoms with van der Waals surface area (Å²) in [7, 11) is -1.89. The molecule has 0 aliphatic rings. The molecule has 0 aromatic heterocycles. The molecule has 94 valence electrons. The van der Waals surface area contributed by atoms with Crippen molar-refractivity contribution in [1.82, 2.24) is 0 Å². The van der Waals surface area contributed by atoms with E-state index in [1.165, 1.54) is 0 Å². The summed E-state index contributed by atoms with van der Waals surface area (Å²) in [5.41, 5.74) is -0.0907. The van der Waals surface area contributed by atoms with Gasteiger partial charge in [0.1, 0.15) is 5.75 Å². The van der Waals surface area contributed by atoms with Crippen molar-refractivity contribution in [2.45, 2.75) is 32.5 Å². The van der Waals surface area contributed by atoms with Gasteiger partial charge in [0.15, 0.2) is 0 Å². The number of carbonyl (C=O) groups is 1. The third-order valence-corrected chi connectivity index (χ3v) is 7.56. The molecule has 1 aromatic carbocycles. The molecule has 3 nitrogen and oxygen atoms in total. The van der Waals surface area contributed by atoms with E-state index in [0.29, 0.717) is 6.61 Å². The van der Waals surface area contributed by atoms with Gasteiger partial charge in [-0.05, 0) is 19.1 Å². The Hall–Kier alpha value is -1.29. The van der Waals surface area contributed by atoms with Gasteiger partial charge in [-0.25, -0.2) is 0 Å². The van der Waals surface area contributed by atoms with E-state index in [-0.39, 0.29) is 17.3 Å². The van der Waals surface area contributed by atoms with Crippen LogP contribution in [0.15, 0.2) is 24.3 Å². The second-order valence-electron chi connectivity index (χ2n) is 4.74. The molecular formula is C13H20O3Si. The summed E-state index contributed by atoms with van der Waals surface area (Å²) in [6.07, 6.45) is 0. The van der Waals surface area contributed by atoms with Gasteiger partial charge in [-0.15, -0.1) is 0 Å². The first kappa shape index (κ1) is 13.8. The van der Waals surface area contributed by atoms with E-state index in [1.54, 1.807) is 12.1 Å². The first-order valence-corrected chi connectivity index (χ1v) is 8.93. The van der Waals surface area contributed by atoms with Crippen LogP contribution in [0.25, 0.3) is 0 Å². The molecule has 0 radical (unpaired) electrons. The molecule has 0 saturated carbocycles. The topological polar surface area (TPSA) is 46.5 Å². The number of rotatable bonds is 4. The molecular weight excluding hydrogens is 232 g/mol. The highest BCUT2D eigenvalue weighted by molar-refractivity contribution is 6.93. The molecule has 0 aliphatic carbocycles. The lowest BCUT2D eigenvalue weighted by Crippen LogP contribution is -2.48. The normalized spacial score (nSPS) is 13.2. The highest BCUT2D eigenvalue weighted by Crippen LogP contribution is 2.23. The predicted molar refractivity (Wildman–Crippen MR) is 71.3 cm³/mol. The SMILES string of the molecule is CCOC(=O)C(C)[Si](C)(C)c1ccc(O)cc1. The van der Waals surface area contributed by atoms with Crippen LogP contribution in [0.5, 0.6) is 5.75 Å². The molecule has 0 saturated heterocycles. The molecule has 4 heteroatoms. The number of phenols is 1. The predicted octanol–water partition coefficient (Wildman–Crippen LogP) is 2.26. The Balaban J connectivity index is 2.93. The number of hydrogen-bond donors (Lipinski definition) is 1. The highest BCUT2D eigenvalue weighted by Gasteiger charge is 2.36. The zero-order chi connectivity index (χ0) is 13.1. The van der Waals surface area contributed by atoms with Crippen molar-refractivity contribution >= 4 is 19.2 Å². The minimum atomic E-state index is -1.89. The molecule has 0 aliphatic heterocycles. The summed E-state index contributed by atoms with van der Waals surface area (Å²) >= 11 is 0. The van der Waals surface area contributed by atoms with E-state index in [0.717, 1.165) is 5.19 Å². The number of hydrogen-bond acceptors (Lipinski definition) is 3. The maximum atomic E-state index is 11.8. The largest absolute Gasteiger partial charge is 0.508 e. The lowest BCUT2D eigenvalue weighted by Gasteiger charge is -2.28. The van der Waals surface area contributed by atoms with E-state index in [4.69, 9.17) is 4.74 Å². The Morgan fingerprint density at radius 1 is 1.35 bits per heavy atom. The second-order valence-corrected chi connectivity index (χ2v) is 9.63. The van der Waals surface area contributed by atoms with E-state index < -0.39 is 8.07 Å². The van der Waals surface area contributed by atoms with Crippen molar-refractivity contribution in [1.29, 1.82) is 0 Å². The van der Waals surface area contributed by atoms with Gasteiger partial charge in [0.05, 0.1) is 20.2 Å². The summed E-state index contributed by atoms with van der Waals surface area (Å²) in [4.78, 5) is 11.8. The van der Waals surface area contributed by atoms with Crippen molar-refractivity contribution in [2.24, 2.45) is 0 Å². The van der Waals surface area contributed by atoms with Crippen LogP contribution in [0, 0.1) is 0 Å². The molecule has 0 fully saturated rings. The van der Waals surface area contributed by atoms with Crippen LogP contribution in [0.3, 0.4) is 0 Å². The maximum absolute atomic E-state index is 11.8. The number of phenolic OH excluding ortho intramolecular Hbond substituents is 1. The van der Waals surface area contributed by atoms with Crippen molar-refractivity contribution in [3.63, 3.8) is 0 Å². The number of carbonyl (C=O) groups excluding carboxylic acids is 1. The smallest absolute Gasteiger partial charge is 0.306 e. The van der Waals surface area contributed by atoms with Crippen molar-refractivity contribution in [3.8, 4) is 5.75 Å². The van der Waals surface area contributed by atoms with Gasteiger partial charge in [-0.2, -0.15) is 0 Å². The molecule has 1 rings (SSSR count). The van der Waals surface area contributed by atoms with Gasteiger partial charge in [-0.3, -0.25) is 4.79 Å². The lowest BCUT2D eigenvalue weighted by atomic mass is 10.3. The lowest BCUT2D eigenvalue weighted by molar-refractivity contribution is -0.142. The van der Waals surface area contributed by atoms with Crippen LogP contribution < -0.4 is 5.19 Å². The standard InChI is InChI=1S/C13H20O3Si/c1-5-16-13(15)10(2)17(3,4)12-8-6-11(14)7-9-12/h6-10,14H,5H2,1-4H3. The Morgan fingerprint density at radius 3 is 2.35 bits per heavy atom. The minimum Gasteiger partial charge on any atom is -0.508 e. The van der Waals surface area contributed by atoms with Gasteiger partial charge in [0, 0.05) is 0 Å². The van der Waals surface area contributed by atoms with Crippen LogP contribution >= 0.6 is 0 Å².